The van der Waals surface area contributed by atoms with Gasteiger partial charge in [0.25, 0.3) is 0 Å². The van der Waals surface area contributed by atoms with Gasteiger partial charge in [-0.1, -0.05) is 24.3 Å². The summed E-state index contributed by atoms with van der Waals surface area (Å²) in [6.45, 7) is 5.11. The van der Waals surface area contributed by atoms with Crippen molar-refractivity contribution in [3.63, 3.8) is 0 Å². The molecule has 1 aliphatic rings. The number of nitrogens with zero attached hydrogens (tertiary/aromatic N) is 1. The summed E-state index contributed by atoms with van der Waals surface area (Å²) in [5.74, 6) is 0.748. The second kappa shape index (κ2) is 11.9. The number of nitrogens with one attached hydrogen (secondary N) is 1. The number of amides is 1. The van der Waals surface area contributed by atoms with Gasteiger partial charge >= 0.3 is 0 Å². The summed E-state index contributed by atoms with van der Waals surface area (Å²) in [5.41, 5.74) is 2.79. The lowest BCUT2D eigenvalue weighted by molar-refractivity contribution is -0.122. The van der Waals surface area contributed by atoms with Crippen LogP contribution in [0.15, 0.2) is 47.4 Å². The van der Waals surface area contributed by atoms with E-state index >= 15 is 0 Å². The molecule has 0 radical (unpaired) electrons. The van der Waals surface area contributed by atoms with Crippen LogP contribution in [0.1, 0.15) is 42.4 Å². The SMILES string of the molecule is Cc1ccc(C)c(OCCCC(=O)NC2CCN(S(=O)(=O)c3ccc(CS(=O)O)cc3)CC2)c1. The predicted octanol–water partition coefficient (Wildman–Crippen LogP) is 3.15. The van der Waals surface area contributed by atoms with Gasteiger partial charge in [0.15, 0.2) is 11.1 Å². The second-order valence-electron chi connectivity index (χ2n) is 8.58. The number of carbonyl (C=O) groups is 1. The van der Waals surface area contributed by atoms with Gasteiger partial charge in [-0.05, 0) is 68.0 Å². The molecule has 0 spiro atoms. The molecule has 1 amide bonds. The van der Waals surface area contributed by atoms with Crippen molar-refractivity contribution >= 4 is 27.0 Å². The van der Waals surface area contributed by atoms with E-state index in [1.807, 2.05) is 32.0 Å². The summed E-state index contributed by atoms with van der Waals surface area (Å²) in [4.78, 5) is 12.5. The van der Waals surface area contributed by atoms with Gasteiger partial charge in [-0.3, -0.25) is 4.79 Å². The highest BCUT2D eigenvalue weighted by Gasteiger charge is 2.29. The van der Waals surface area contributed by atoms with E-state index in [1.165, 1.54) is 16.4 Å². The van der Waals surface area contributed by atoms with Crippen molar-refractivity contribution in [2.75, 3.05) is 19.7 Å². The summed E-state index contributed by atoms with van der Waals surface area (Å²) in [6, 6.07) is 12.0. The molecule has 3 rings (SSSR count). The van der Waals surface area contributed by atoms with E-state index in [1.54, 1.807) is 12.1 Å². The Hall–Kier alpha value is -2.27. The molecule has 1 heterocycles. The third-order valence-corrected chi connectivity index (χ3v) is 8.31. The molecule has 1 aliphatic heterocycles. The molecule has 2 aromatic carbocycles. The summed E-state index contributed by atoms with van der Waals surface area (Å²) in [5, 5.41) is 3.01. The third kappa shape index (κ3) is 7.36. The number of piperidine rings is 1. The van der Waals surface area contributed by atoms with Crippen LogP contribution >= 0.6 is 0 Å². The van der Waals surface area contributed by atoms with Crippen LogP contribution in [0, 0.1) is 13.8 Å². The molecule has 0 bridgehead atoms. The lowest BCUT2D eigenvalue weighted by atomic mass is 10.1. The zero-order chi connectivity index (χ0) is 24.7. The van der Waals surface area contributed by atoms with Gasteiger partial charge in [0.2, 0.25) is 15.9 Å². The van der Waals surface area contributed by atoms with E-state index in [0.29, 0.717) is 50.9 Å². The first-order chi connectivity index (χ1) is 16.1. The van der Waals surface area contributed by atoms with Crippen molar-refractivity contribution in [2.45, 2.75) is 56.2 Å². The lowest BCUT2D eigenvalue weighted by Crippen LogP contribution is -2.46. The predicted molar refractivity (Wildman–Crippen MR) is 131 cm³/mol. The minimum Gasteiger partial charge on any atom is -0.493 e. The first-order valence-corrected chi connectivity index (χ1v) is 14.0. The van der Waals surface area contributed by atoms with Crippen molar-refractivity contribution in [1.29, 1.82) is 0 Å². The van der Waals surface area contributed by atoms with Crippen molar-refractivity contribution < 1.29 is 26.7 Å². The molecule has 10 heteroatoms. The first-order valence-electron chi connectivity index (χ1n) is 11.3. The number of carbonyl (C=O) groups excluding carboxylic acids is 1. The van der Waals surface area contributed by atoms with E-state index < -0.39 is 21.1 Å². The average molecular weight is 509 g/mol. The number of hydrogen-bond donors (Lipinski definition) is 2. The highest BCUT2D eigenvalue weighted by atomic mass is 32.2. The maximum absolute atomic E-state index is 12.9. The third-order valence-electron chi connectivity index (χ3n) is 5.82. The molecule has 8 nitrogen and oxygen atoms in total. The number of aryl methyl sites for hydroxylation is 2. The Bertz CT molecular complexity index is 1110. The average Bonchev–Trinajstić information content (AvgIpc) is 2.79. The van der Waals surface area contributed by atoms with Crippen LogP contribution in [0.4, 0.5) is 0 Å². The largest absolute Gasteiger partial charge is 0.493 e. The van der Waals surface area contributed by atoms with Crippen LogP contribution in [0.3, 0.4) is 0 Å². The van der Waals surface area contributed by atoms with E-state index in [-0.39, 0.29) is 22.6 Å². The molecule has 1 unspecified atom stereocenters. The minimum atomic E-state index is -3.64. The summed E-state index contributed by atoms with van der Waals surface area (Å²) >= 11 is -1.97. The van der Waals surface area contributed by atoms with Crippen molar-refractivity contribution in [1.82, 2.24) is 9.62 Å². The Labute approximate surface area is 204 Å². The van der Waals surface area contributed by atoms with Gasteiger partial charge in [-0.25, -0.2) is 12.6 Å². The summed E-state index contributed by atoms with van der Waals surface area (Å²) < 4.78 is 52.9. The highest BCUT2D eigenvalue weighted by Crippen LogP contribution is 2.22. The van der Waals surface area contributed by atoms with E-state index in [4.69, 9.17) is 9.29 Å². The molecule has 0 saturated carbocycles. The number of rotatable bonds is 10. The highest BCUT2D eigenvalue weighted by molar-refractivity contribution is 7.89. The summed E-state index contributed by atoms with van der Waals surface area (Å²) in [6.07, 6.45) is 2.05. The molecule has 1 atom stereocenters. The molecule has 2 aromatic rings. The van der Waals surface area contributed by atoms with Crippen LogP contribution in [0.2, 0.25) is 0 Å². The number of sulfonamides is 1. The summed E-state index contributed by atoms with van der Waals surface area (Å²) in [7, 11) is -3.64. The number of benzene rings is 2. The van der Waals surface area contributed by atoms with Gasteiger partial charge in [-0.2, -0.15) is 4.31 Å². The van der Waals surface area contributed by atoms with E-state index in [2.05, 4.69) is 5.32 Å². The van der Waals surface area contributed by atoms with Crippen molar-refractivity contribution in [3.05, 3.63) is 59.2 Å². The van der Waals surface area contributed by atoms with Crippen LogP contribution < -0.4 is 10.1 Å². The van der Waals surface area contributed by atoms with Crippen LogP contribution in [0.25, 0.3) is 0 Å². The molecule has 34 heavy (non-hydrogen) atoms. The topological polar surface area (TPSA) is 113 Å². The maximum Gasteiger partial charge on any atom is 0.243 e. The number of hydrogen-bond acceptors (Lipinski definition) is 5. The van der Waals surface area contributed by atoms with Gasteiger partial charge in [0, 0.05) is 25.6 Å². The van der Waals surface area contributed by atoms with Crippen molar-refractivity contribution in [2.24, 2.45) is 0 Å². The van der Waals surface area contributed by atoms with Crippen molar-refractivity contribution in [3.8, 4) is 5.75 Å². The second-order valence-corrected chi connectivity index (χ2v) is 11.4. The van der Waals surface area contributed by atoms with Crippen LogP contribution in [-0.4, -0.2) is 53.1 Å². The Balaban J connectivity index is 1.41. The first kappa shape index (κ1) is 26.3. The standard InChI is InChI=1S/C24H32N2O6S2/c1-18-5-6-19(2)23(16-18)32-15-3-4-24(27)25-21-11-13-26(14-12-21)34(30,31)22-9-7-20(8-10-22)17-33(28)29/h5-10,16,21H,3-4,11-15,17H2,1-2H3,(H,25,27)(H,28,29). The normalized spacial score (nSPS) is 16.2. The Morgan fingerprint density at radius 1 is 1.15 bits per heavy atom. The Morgan fingerprint density at radius 2 is 1.82 bits per heavy atom. The lowest BCUT2D eigenvalue weighted by Gasteiger charge is -2.31. The molecule has 0 aliphatic carbocycles. The van der Waals surface area contributed by atoms with E-state index in [0.717, 1.165) is 16.9 Å². The van der Waals surface area contributed by atoms with Gasteiger partial charge < -0.3 is 14.6 Å². The molecule has 186 valence electrons. The zero-order valence-corrected chi connectivity index (χ0v) is 21.2. The van der Waals surface area contributed by atoms with Crippen LogP contribution in [-0.2, 0) is 31.7 Å². The van der Waals surface area contributed by atoms with Gasteiger partial charge in [0.05, 0.1) is 17.3 Å². The minimum absolute atomic E-state index is 0.0386. The van der Waals surface area contributed by atoms with Gasteiger partial charge in [0.1, 0.15) is 5.75 Å². The molecule has 1 fully saturated rings. The van der Waals surface area contributed by atoms with E-state index in [9.17, 15) is 17.4 Å². The fourth-order valence-electron chi connectivity index (χ4n) is 3.87. The molecule has 0 aromatic heterocycles. The monoisotopic (exact) mass is 508 g/mol. The van der Waals surface area contributed by atoms with Gasteiger partial charge in [-0.15, -0.1) is 0 Å². The molecule has 2 N–H and O–H groups in total. The Kier molecular flexibility index (Phi) is 9.24. The maximum atomic E-state index is 12.9. The quantitative estimate of drug-likeness (QED) is 0.377. The molecule has 1 saturated heterocycles. The fraction of sp³-hybridized carbons (Fsp3) is 0.458. The zero-order valence-electron chi connectivity index (χ0n) is 19.5. The molecular formula is C24H32N2O6S2. The Morgan fingerprint density at radius 3 is 2.47 bits per heavy atom. The fourth-order valence-corrected chi connectivity index (χ4v) is 5.81. The molecular weight excluding hydrogens is 476 g/mol. The smallest absolute Gasteiger partial charge is 0.243 e. The number of ether oxygens (including phenoxy) is 1. The van der Waals surface area contributed by atoms with Crippen LogP contribution in [0.5, 0.6) is 5.75 Å².